The molecule has 0 aromatic carbocycles. The lowest BCUT2D eigenvalue weighted by Crippen LogP contribution is -2.31. The minimum Gasteiger partial charge on any atom is -0.383 e. The minimum absolute atomic E-state index is 0.562. The minimum atomic E-state index is 0.562. The molecule has 0 unspecified atom stereocenters. The Bertz CT molecular complexity index is 356. The molecule has 0 saturated heterocycles. The zero-order valence-corrected chi connectivity index (χ0v) is 10.6. The molecule has 0 aliphatic rings. The number of aryl methyl sites for hydroxylation is 1. The van der Waals surface area contributed by atoms with Crippen LogP contribution in [-0.2, 0) is 11.3 Å². The Morgan fingerprint density at radius 1 is 1.47 bits per heavy atom. The van der Waals surface area contributed by atoms with Gasteiger partial charge in [0.15, 0.2) is 0 Å². The van der Waals surface area contributed by atoms with Crippen molar-refractivity contribution in [3.63, 3.8) is 0 Å². The fraction of sp³-hybridized carbons (Fsp3) is 0.667. The van der Waals surface area contributed by atoms with Crippen LogP contribution in [0.1, 0.15) is 12.2 Å². The predicted molar refractivity (Wildman–Crippen MR) is 65.5 cm³/mol. The lowest BCUT2D eigenvalue weighted by molar-refractivity contribution is 0.146. The lowest BCUT2D eigenvalue weighted by Gasteiger charge is -2.21. The molecule has 0 aliphatic heterocycles. The zero-order valence-electron chi connectivity index (χ0n) is 10.6. The number of hydrogen-bond donors (Lipinski definition) is 0. The van der Waals surface area contributed by atoms with E-state index >= 15 is 0 Å². The van der Waals surface area contributed by atoms with Crippen LogP contribution >= 0.6 is 0 Å². The molecule has 1 rings (SSSR count). The molecule has 0 bridgehead atoms. The van der Waals surface area contributed by atoms with Crippen molar-refractivity contribution in [3.8, 4) is 6.07 Å². The second kappa shape index (κ2) is 7.82. The normalized spacial score (nSPS) is 10.7. The van der Waals surface area contributed by atoms with Crippen molar-refractivity contribution in [2.24, 2.45) is 0 Å². The molecular weight excluding hydrogens is 216 g/mol. The highest BCUT2D eigenvalue weighted by Gasteiger charge is 2.05. The van der Waals surface area contributed by atoms with Crippen LogP contribution in [0.3, 0.4) is 0 Å². The van der Waals surface area contributed by atoms with Crippen LogP contribution in [0.25, 0.3) is 0 Å². The van der Waals surface area contributed by atoms with Crippen LogP contribution in [0.4, 0.5) is 0 Å². The Balaban J connectivity index is 2.37. The molecule has 1 heterocycles. The van der Waals surface area contributed by atoms with Crippen LogP contribution in [0.2, 0.25) is 0 Å². The van der Waals surface area contributed by atoms with Crippen LogP contribution in [-0.4, -0.2) is 47.8 Å². The Morgan fingerprint density at radius 3 is 2.88 bits per heavy atom. The van der Waals surface area contributed by atoms with Gasteiger partial charge < -0.3 is 9.30 Å². The summed E-state index contributed by atoms with van der Waals surface area (Å²) in [6.45, 7) is 6.19. The van der Waals surface area contributed by atoms with Gasteiger partial charge in [-0.1, -0.05) is 0 Å². The highest BCUT2D eigenvalue weighted by Crippen LogP contribution is 1.98. The molecule has 0 saturated carbocycles. The molecule has 1 aromatic rings. The molecule has 5 nitrogen and oxygen atoms in total. The van der Waals surface area contributed by atoms with Gasteiger partial charge in [0.2, 0.25) is 0 Å². The number of rotatable bonds is 8. The largest absolute Gasteiger partial charge is 0.383 e. The van der Waals surface area contributed by atoms with Gasteiger partial charge in [0.1, 0.15) is 5.82 Å². The highest BCUT2D eigenvalue weighted by molar-refractivity contribution is 4.88. The third kappa shape index (κ3) is 4.98. The summed E-state index contributed by atoms with van der Waals surface area (Å²) in [5, 5.41) is 8.61. The maximum Gasteiger partial charge on any atom is 0.105 e. The van der Waals surface area contributed by atoms with E-state index in [4.69, 9.17) is 10.00 Å². The van der Waals surface area contributed by atoms with Crippen LogP contribution < -0.4 is 0 Å². The molecule has 0 atom stereocenters. The molecule has 0 fully saturated rings. The number of ether oxygens (including phenoxy) is 1. The average molecular weight is 236 g/mol. The molecule has 0 N–H and O–H groups in total. The first kappa shape index (κ1) is 13.7. The summed E-state index contributed by atoms with van der Waals surface area (Å²) in [6.07, 6.45) is 4.35. The summed E-state index contributed by atoms with van der Waals surface area (Å²) in [5.41, 5.74) is 0. The van der Waals surface area contributed by atoms with Crippen LogP contribution in [0, 0.1) is 18.3 Å². The average Bonchev–Trinajstić information content (AvgIpc) is 2.74. The van der Waals surface area contributed by atoms with E-state index in [2.05, 4.69) is 20.5 Å². The second-order valence-electron chi connectivity index (χ2n) is 3.91. The van der Waals surface area contributed by atoms with Gasteiger partial charge >= 0.3 is 0 Å². The van der Waals surface area contributed by atoms with E-state index in [1.807, 2.05) is 19.3 Å². The molecule has 94 valence electrons. The summed E-state index contributed by atoms with van der Waals surface area (Å²) >= 11 is 0. The fourth-order valence-electron chi connectivity index (χ4n) is 1.65. The molecule has 5 heteroatoms. The Hall–Kier alpha value is -1.38. The molecule has 0 aliphatic carbocycles. The van der Waals surface area contributed by atoms with Crippen molar-refractivity contribution in [2.75, 3.05) is 33.4 Å². The van der Waals surface area contributed by atoms with Crippen LogP contribution in [0.5, 0.6) is 0 Å². The van der Waals surface area contributed by atoms with E-state index in [1.54, 1.807) is 7.11 Å². The summed E-state index contributed by atoms with van der Waals surface area (Å²) in [4.78, 5) is 6.43. The molecule has 0 radical (unpaired) electrons. The van der Waals surface area contributed by atoms with Gasteiger partial charge in [-0.2, -0.15) is 5.26 Å². The highest BCUT2D eigenvalue weighted by atomic mass is 16.5. The number of hydrogen-bond acceptors (Lipinski definition) is 4. The van der Waals surface area contributed by atoms with Gasteiger partial charge in [0.25, 0.3) is 0 Å². The lowest BCUT2D eigenvalue weighted by atomic mass is 10.4. The van der Waals surface area contributed by atoms with Gasteiger partial charge in [0.05, 0.1) is 12.7 Å². The predicted octanol–water partition coefficient (Wildman–Crippen LogP) is 1.05. The standard InChI is InChI=1S/C12H20N4O/c1-12-14-5-7-16(12)9-8-15(6-3-4-13)10-11-17-2/h5,7H,3,6,8-11H2,1-2H3. The first-order chi connectivity index (χ1) is 8.27. The molecular formula is C12H20N4O. The SMILES string of the molecule is COCCN(CCC#N)CCn1ccnc1C. The monoisotopic (exact) mass is 236 g/mol. The zero-order chi connectivity index (χ0) is 12.5. The summed E-state index contributed by atoms with van der Waals surface area (Å²) < 4.78 is 7.19. The Kier molecular flexibility index (Phi) is 6.30. The first-order valence-electron chi connectivity index (χ1n) is 5.84. The number of methoxy groups -OCH3 is 1. The summed E-state index contributed by atoms with van der Waals surface area (Å²) in [5.74, 6) is 1.02. The molecule has 0 spiro atoms. The fourth-order valence-corrected chi connectivity index (χ4v) is 1.65. The third-order valence-corrected chi connectivity index (χ3v) is 2.73. The van der Waals surface area contributed by atoms with E-state index in [0.29, 0.717) is 13.0 Å². The Labute approximate surface area is 103 Å². The van der Waals surface area contributed by atoms with E-state index in [-0.39, 0.29) is 0 Å². The van der Waals surface area contributed by atoms with Crippen molar-refractivity contribution in [2.45, 2.75) is 19.9 Å². The molecule has 1 aromatic heterocycles. The van der Waals surface area contributed by atoms with Gasteiger partial charge in [-0.3, -0.25) is 4.90 Å². The maximum atomic E-state index is 8.61. The van der Waals surface area contributed by atoms with E-state index < -0.39 is 0 Å². The van der Waals surface area contributed by atoms with Gasteiger partial charge in [0, 0.05) is 52.1 Å². The van der Waals surface area contributed by atoms with Gasteiger partial charge in [-0.25, -0.2) is 4.98 Å². The third-order valence-electron chi connectivity index (χ3n) is 2.73. The number of aromatic nitrogens is 2. The maximum absolute atomic E-state index is 8.61. The molecule has 17 heavy (non-hydrogen) atoms. The van der Waals surface area contributed by atoms with E-state index in [0.717, 1.165) is 32.0 Å². The van der Waals surface area contributed by atoms with Crippen LogP contribution in [0.15, 0.2) is 12.4 Å². The van der Waals surface area contributed by atoms with Crippen molar-refractivity contribution in [3.05, 3.63) is 18.2 Å². The van der Waals surface area contributed by atoms with Crippen molar-refractivity contribution in [1.29, 1.82) is 5.26 Å². The number of nitriles is 1. The molecule has 0 amide bonds. The topological polar surface area (TPSA) is 54.1 Å². The van der Waals surface area contributed by atoms with Crippen molar-refractivity contribution in [1.82, 2.24) is 14.5 Å². The van der Waals surface area contributed by atoms with E-state index in [9.17, 15) is 0 Å². The van der Waals surface area contributed by atoms with Gasteiger partial charge in [-0.05, 0) is 6.92 Å². The van der Waals surface area contributed by atoms with E-state index in [1.165, 1.54) is 0 Å². The van der Waals surface area contributed by atoms with Crippen molar-refractivity contribution >= 4 is 0 Å². The summed E-state index contributed by atoms with van der Waals surface area (Å²) in [7, 11) is 1.70. The first-order valence-corrected chi connectivity index (χ1v) is 5.84. The second-order valence-corrected chi connectivity index (χ2v) is 3.91. The smallest absolute Gasteiger partial charge is 0.105 e. The van der Waals surface area contributed by atoms with Gasteiger partial charge in [-0.15, -0.1) is 0 Å². The number of imidazole rings is 1. The summed E-state index contributed by atoms with van der Waals surface area (Å²) in [6, 6.07) is 2.18. The number of nitrogens with zero attached hydrogens (tertiary/aromatic N) is 4. The van der Waals surface area contributed by atoms with Crippen molar-refractivity contribution < 1.29 is 4.74 Å². The Morgan fingerprint density at radius 2 is 2.29 bits per heavy atom. The quantitative estimate of drug-likeness (QED) is 0.677.